The van der Waals surface area contributed by atoms with Crippen LogP contribution in [0.3, 0.4) is 0 Å². The van der Waals surface area contributed by atoms with E-state index in [2.05, 4.69) is 15.9 Å². The van der Waals surface area contributed by atoms with Crippen LogP contribution < -0.4 is 0 Å². The number of carbonyl (C=O) groups is 1. The minimum atomic E-state index is -2.73. The quantitative estimate of drug-likeness (QED) is 0.751. The predicted octanol–water partition coefficient (Wildman–Crippen LogP) is 4.74. The van der Waals surface area contributed by atoms with Crippen molar-refractivity contribution in [1.29, 1.82) is 0 Å². The highest BCUT2D eigenvalue weighted by atomic mass is 79.9. The lowest BCUT2D eigenvalue weighted by atomic mass is 10.1. The third-order valence-corrected chi connectivity index (χ3v) is 3.17. The van der Waals surface area contributed by atoms with Gasteiger partial charge < -0.3 is 4.74 Å². The van der Waals surface area contributed by atoms with Crippen LogP contribution >= 0.6 is 15.9 Å². The molecule has 0 bridgehead atoms. The molecule has 2 aromatic rings. The first-order valence-electron chi connectivity index (χ1n) is 5.86. The molecule has 0 fully saturated rings. The summed E-state index contributed by atoms with van der Waals surface area (Å²) in [6.07, 6.45) is -2.73. The Kier molecular flexibility index (Phi) is 4.84. The van der Waals surface area contributed by atoms with Crippen LogP contribution in [0.4, 0.5) is 8.78 Å². The summed E-state index contributed by atoms with van der Waals surface area (Å²) in [5, 5.41) is 0. The minimum Gasteiger partial charge on any atom is -0.457 e. The molecular weight excluding hydrogens is 330 g/mol. The van der Waals surface area contributed by atoms with Gasteiger partial charge in [-0.05, 0) is 23.8 Å². The summed E-state index contributed by atoms with van der Waals surface area (Å²) in [6.45, 7) is 0.0540. The molecule has 0 N–H and O–H groups in total. The van der Waals surface area contributed by atoms with Crippen LogP contribution in [0.1, 0.15) is 27.9 Å². The molecule has 0 atom stereocenters. The smallest absolute Gasteiger partial charge is 0.338 e. The van der Waals surface area contributed by atoms with Crippen molar-refractivity contribution < 1.29 is 18.3 Å². The van der Waals surface area contributed by atoms with Crippen LogP contribution in [0.2, 0.25) is 0 Å². The van der Waals surface area contributed by atoms with Gasteiger partial charge in [-0.25, -0.2) is 13.6 Å². The molecule has 0 aliphatic rings. The summed E-state index contributed by atoms with van der Waals surface area (Å²) >= 11 is 3.10. The molecule has 20 heavy (non-hydrogen) atoms. The Labute approximate surface area is 123 Å². The number of hydrogen-bond donors (Lipinski definition) is 0. The monoisotopic (exact) mass is 340 g/mol. The van der Waals surface area contributed by atoms with Gasteiger partial charge >= 0.3 is 5.97 Å². The number of halogens is 3. The zero-order valence-corrected chi connectivity index (χ0v) is 11.9. The van der Waals surface area contributed by atoms with Crippen LogP contribution in [0.5, 0.6) is 0 Å². The van der Waals surface area contributed by atoms with Crippen molar-refractivity contribution in [3.8, 4) is 0 Å². The number of esters is 1. The van der Waals surface area contributed by atoms with E-state index < -0.39 is 12.4 Å². The second-order valence-electron chi connectivity index (χ2n) is 4.09. The summed E-state index contributed by atoms with van der Waals surface area (Å²) in [5.74, 6) is -0.753. The molecule has 0 spiro atoms. The first-order valence-corrected chi connectivity index (χ1v) is 6.66. The summed E-state index contributed by atoms with van der Waals surface area (Å²) in [6, 6.07) is 13.1. The molecular formula is C15H11BrF2O2. The molecule has 2 aromatic carbocycles. The highest BCUT2D eigenvalue weighted by Gasteiger charge is 2.19. The van der Waals surface area contributed by atoms with Gasteiger partial charge in [-0.2, -0.15) is 0 Å². The second kappa shape index (κ2) is 6.61. The molecule has 0 aliphatic heterocycles. The minimum absolute atomic E-state index is 0.0540. The van der Waals surface area contributed by atoms with E-state index in [1.54, 1.807) is 12.1 Å². The van der Waals surface area contributed by atoms with E-state index in [0.29, 0.717) is 4.47 Å². The Hall–Kier alpha value is -1.75. The third-order valence-electron chi connectivity index (χ3n) is 2.68. The molecule has 0 saturated heterocycles. The van der Waals surface area contributed by atoms with Crippen molar-refractivity contribution in [2.24, 2.45) is 0 Å². The Balaban J connectivity index is 2.13. The molecule has 0 radical (unpaired) electrons. The average molecular weight is 341 g/mol. The fourth-order valence-electron chi connectivity index (χ4n) is 1.70. The highest BCUT2D eigenvalue weighted by Crippen LogP contribution is 2.27. The number of benzene rings is 2. The zero-order chi connectivity index (χ0) is 14.5. The van der Waals surface area contributed by atoms with E-state index in [4.69, 9.17) is 4.74 Å². The molecule has 2 nitrogen and oxygen atoms in total. The van der Waals surface area contributed by atoms with Crippen molar-refractivity contribution in [1.82, 2.24) is 0 Å². The van der Waals surface area contributed by atoms with E-state index in [1.807, 2.05) is 18.2 Å². The van der Waals surface area contributed by atoms with Crippen molar-refractivity contribution in [3.63, 3.8) is 0 Å². The second-order valence-corrected chi connectivity index (χ2v) is 5.01. The topological polar surface area (TPSA) is 26.3 Å². The van der Waals surface area contributed by atoms with Crippen molar-refractivity contribution in [2.45, 2.75) is 13.0 Å². The van der Waals surface area contributed by atoms with Gasteiger partial charge in [0.2, 0.25) is 0 Å². The van der Waals surface area contributed by atoms with Crippen LogP contribution in [-0.4, -0.2) is 5.97 Å². The molecule has 0 saturated carbocycles. The van der Waals surface area contributed by atoms with Gasteiger partial charge in [0.1, 0.15) is 6.61 Å². The number of carbonyl (C=O) groups excluding carboxylic acids is 1. The lowest BCUT2D eigenvalue weighted by Gasteiger charge is -2.09. The van der Waals surface area contributed by atoms with Crippen LogP contribution in [0, 0.1) is 0 Å². The Morgan fingerprint density at radius 1 is 1.15 bits per heavy atom. The summed E-state index contributed by atoms with van der Waals surface area (Å²) in [5.41, 5.74) is 0.355. The molecule has 104 valence electrons. The number of alkyl halides is 2. The molecule has 5 heteroatoms. The Bertz CT molecular complexity index is 600. The summed E-state index contributed by atoms with van der Waals surface area (Å²) < 4.78 is 31.4. The molecule has 0 amide bonds. The van der Waals surface area contributed by atoms with Gasteiger partial charge in [-0.15, -0.1) is 0 Å². The number of hydrogen-bond acceptors (Lipinski definition) is 2. The fourth-order valence-corrected chi connectivity index (χ4v) is 2.08. The molecule has 0 unspecified atom stereocenters. The maximum absolute atomic E-state index is 12.9. The van der Waals surface area contributed by atoms with Crippen molar-refractivity contribution >= 4 is 21.9 Å². The van der Waals surface area contributed by atoms with Gasteiger partial charge in [-0.3, -0.25) is 0 Å². The normalized spacial score (nSPS) is 10.6. The van der Waals surface area contributed by atoms with Gasteiger partial charge in [0, 0.05) is 10.0 Å². The largest absolute Gasteiger partial charge is 0.457 e. The van der Waals surface area contributed by atoms with Gasteiger partial charge in [0.05, 0.1) is 5.56 Å². The third kappa shape index (κ3) is 3.63. The molecule has 0 heterocycles. The summed E-state index contributed by atoms with van der Waals surface area (Å²) in [4.78, 5) is 11.9. The van der Waals surface area contributed by atoms with E-state index in [1.165, 1.54) is 18.2 Å². The van der Waals surface area contributed by atoms with Crippen LogP contribution in [0.25, 0.3) is 0 Å². The highest BCUT2D eigenvalue weighted by molar-refractivity contribution is 9.10. The van der Waals surface area contributed by atoms with Crippen molar-refractivity contribution in [2.75, 3.05) is 0 Å². The predicted molar refractivity (Wildman–Crippen MR) is 74.7 cm³/mol. The lowest BCUT2D eigenvalue weighted by molar-refractivity contribution is 0.0462. The van der Waals surface area contributed by atoms with Crippen LogP contribution in [0.15, 0.2) is 53.0 Å². The Morgan fingerprint density at radius 3 is 2.50 bits per heavy atom. The molecule has 0 aromatic heterocycles. The lowest BCUT2D eigenvalue weighted by Crippen LogP contribution is -2.08. The number of ether oxygens (including phenoxy) is 1. The SMILES string of the molecule is O=C(OCc1ccccc1)c1ccc(Br)cc1C(F)F. The summed E-state index contributed by atoms with van der Waals surface area (Å²) in [7, 11) is 0. The average Bonchev–Trinajstić information content (AvgIpc) is 2.45. The Morgan fingerprint density at radius 2 is 1.85 bits per heavy atom. The first kappa shape index (κ1) is 14.7. The van der Waals surface area contributed by atoms with Gasteiger partial charge in [0.15, 0.2) is 0 Å². The first-order chi connectivity index (χ1) is 9.58. The zero-order valence-electron chi connectivity index (χ0n) is 10.4. The maximum Gasteiger partial charge on any atom is 0.338 e. The van der Waals surface area contributed by atoms with E-state index in [9.17, 15) is 13.6 Å². The van der Waals surface area contributed by atoms with Gasteiger partial charge in [0.25, 0.3) is 6.43 Å². The molecule has 2 rings (SSSR count). The van der Waals surface area contributed by atoms with Gasteiger partial charge in [-0.1, -0.05) is 46.3 Å². The van der Waals surface area contributed by atoms with Crippen LogP contribution in [-0.2, 0) is 11.3 Å². The molecule has 0 aliphatic carbocycles. The van der Waals surface area contributed by atoms with Crippen molar-refractivity contribution in [3.05, 3.63) is 69.7 Å². The van der Waals surface area contributed by atoms with E-state index >= 15 is 0 Å². The number of rotatable bonds is 4. The maximum atomic E-state index is 12.9. The van der Waals surface area contributed by atoms with E-state index in [-0.39, 0.29) is 17.7 Å². The van der Waals surface area contributed by atoms with E-state index in [0.717, 1.165) is 5.56 Å². The fraction of sp³-hybridized carbons (Fsp3) is 0.133. The standard InChI is InChI=1S/C15H11BrF2O2/c16-11-6-7-12(13(8-11)14(17)18)15(19)20-9-10-4-2-1-3-5-10/h1-8,14H,9H2.